The van der Waals surface area contributed by atoms with E-state index in [9.17, 15) is 13.2 Å². The minimum Gasteiger partial charge on any atom is -0.376 e. The number of alkyl halides is 3. The van der Waals surface area contributed by atoms with E-state index in [2.05, 4.69) is 17.5 Å². The van der Waals surface area contributed by atoms with E-state index in [4.69, 9.17) is 23.2 Å². The van der Waals surface area contributed by atoms with Gasteiger partial charge in [0.1, 0.15) is 0 Å². The average molecular weight is 384 g/mol. The second-order valence-corrected chi connectivity index (χ2v) is 7.21. The molecule has 130 valence electrons. The number of fused-ring (bicyclic) bond motifs is 3. The molecule has 1 aliphatic heterocycles. The van der Waals surface area contributed by atoms with Crippen LogP contribution in [0.15, 0.2) is 48.6 Å². The van der Waals surface area contributed by atoms with Gasteiger partial charge in [-0.25, -0.2) is 0 Å². The van der Waals surface area contributed by atoms with E-state index >= 15 is 0 Å². The van der Waals surface area contributed by atoms with Crippen LogP contribution in [0.5, 0.6) is 0 Å². The van der Waals surface area contributed by atoms with Crippen LogP contribution in [0.25, 0.3) is 0 Å². The van der Waals surface area contributed by atoms with Crippen molar-refractivity contribution in [1.29, 1.82) is 0 Å². The van der Waals surface area contributed by atoms with Crippen molar-refractivity contribution in [3.63, 3.8) is 0 Å². The highest BCUT2D eigenvalue weighted by Crippen LogP contribution is 2.52. The third-order valence-corrected chi connectivity index (χ3v) is 5.80. The Morgan fingerprint density at radius 2 is 1.88 bits per heavy atom. The summed E-state index contributed by atoms with van der Waals surface area (Å²) >= 11 is 12.5. The van der Waals surface area contributed by atoms with Crippen LogP contribution in [0.4, 0.5) is 18.9 Å². The topological polar surface area (TPSA) is 12.0 Å². The first-order valence-corrected chi connectivity index (χ1v) is 8.70. The number of nitrogens with one attached hydrogen (secondary N) is 1. The second kappa shape index (κ2) is 5.96. The lowest BCUT2D eigenvalue weighted by Gasteiger charge is -2.38. The number of halogens is 5. The normalized spacial score (nSPS) is 24.6. The molecule has 4 rings (SSSR count). The number of rotatable bonds is 1. The molecule has 0 bridgehead atoms. The first-order chi connectivity index (χ1) is 11.9. The fourth-order valence-corrected chi connectivity index (χ4v) is 4.23. The summed E-state index contributed by atoms with van der Waals surface area (Å²) in [4.78, 5) is 0. The summed E-state index contributed by atoms with van der Waals surface area (Å²) in [6.07, 6.45) is 0.625. The number of benzene rings is 2. The monoisotopic (exact) mass is 383 g/mol. The lowest BCUT2D eigenvalue weighted by Crippen LogP contribution is -2.29. The van der Waals surface area contributed by atoms with Gasteiger partial charge in [-0.1, -0.05) is 53.6 Å². The standard InChI is InChI=1S/C19H14Cl2F3N/c20-15-8-7-14-12-5-2-6-13(12)17(25-18(14)16(15)21)10-3-1-4-11(9-10)19(22,23)24/h1-5,7-9,12-13,17,25H,6H2/t12-,13+,17+/m1/s1. The van der Waals surface area contributed by atoms with Crippen LogP contribution in [0.3, 0.4) is 0 Å². The SMILES string of the molecule is FC(F)(F)c1cccc([C@@H]2Nc3c(ccc(Cl)c3Cl)[C@@H]3C=CC[C@@H]32)c1. The van der Waals surface area contributed by atoms with Crippen LogP contribution in [-0.4, -0.2) is 0 Å². The molecule has 0 unspecified atom stereocenters. The number of allylic oxidation sites excluding steroid dienone is 2. The maximum absolute atomic E-state index is 13.1. The zero-order valence-electron chi connectivity index (χ0n) is 12.9. The molecule has 0 spiro atoms. The van der Waals surface area contributed by atoms with E-state index in [-0.39, 0.29) is 17.9 Å². The molecule has 0 radical (unpaired) electrons. The van der Waals surface area contributed by atoms with Crippen LogP contribution in [0, 0.1) is 5.92 Å². The molecule has 2 aliphatic rings. The van der Waals surface area contributed by atoms with Gasteiger partial charge < -0.3 is 5.32 Å². The molecule has 0 aromatic heterocycles. The third kappa shape index (κ3) is 2.81. The minimum absolute atomic E-state index is 0.116. The maximum atomic E-state index is 13.1. The van der Waals surface area contributed by atoms with Crippen molar-refractivity contribution in [3.8, 4) is 0 Å². The van der Waals surface area contributed by atoms with Gasteiger partial charge in [-0.3, -0.25) is 0 Å². The summed E-state index contributed by atoms with van der Waals surface area (Å²) in [6.45, 7) is 0. The fourth-order valence-electron chi connectivity index (χ4n) is 3.84. The fraction of sp³-hybridized carbons (Fsp3) is 0.263. The molecule has 0 fully saturated rings. The van der Waals surface area contributed by atoms with E-state index < -0.39 is 11.7 Å². The molecule has 1 heterocycles. The lowest BCUT2D eigenvalue weighted by atomic mass is 9.77. The Morgan fingerprint density at radius 3 is 2.64 bits per heavy atom. The molecular formula is C19H14Cl2F3N. The summed E-state index contributed by atoms with van der Waals surface area (Å²) < 4.78 is 39.3. The second-order valence-electron chi connectivity index (χ2n) is 6.42. The van der Waals surface area contributed by atoms with Crippen LogP contribution >= 0.6 is 23.2 Å². The lowest BCUT2D eigenvalue weighted by molar-refractivity contribution is -0.137. The summed E-state index contributed by atoms with van der Waals surface area (Å²) in [5, 5.41) is 4.19. The van der Waals surface area contributed by atoms with Gasteiger partial charge in [0, 0.05) is 5.92 Å². The highest BCUT2D eigenvalue weighted by Gasteiger charge is 2.40. The molecule has 6 heteroatoms. The zero-order chi connectivity index (χ0) is 17.8. The third-order valence-electron chi connectivity index (χ3n) is 5.00. The summed E-state index contributed by atoms with van der Waals surface area (Å²) in [7, 11) is 0. The van der Waals surface area contributed by atoms with Crippen molar-refractivity contribution in [3.05, 3.63) is 75.3 Å². The number of hydrogen-bond acceptors (Lipinski definition) is 1. The van der Waals surface area contributed by atoms with E-state index in [1.54, 1.807) is 12.1 Å². The Labute approximate surface area is 153 Å². The molecule has 2 aromatic rings. The Kier molecular flexibility index (Phi) is 4.00. The smallest absolute Gasteiger partial charge is 0.376 e. The molecule has 2 aromatic carbocycles. The summed E-state index contributed by atoms with van der Waals surface area (Å²) in [6, 6.07) is 8.93. The van der Waals surface area contributed by atoms with Gasteiger partial charge in [-0.15, -0.1) is 0 Å². The van der Waals surface area contributed by atoms with E-state index in [1.165, 1.54) is 12.1 Å². The molecule has 0 amide bonds. The Hall–Kier alpha value is -1.65. The molecule has 0 saturated carbocycles. The summed E-state index contributed by atoms with van der Waals surface area (Å²) in [5.41, 5.74) is 1.72. The first-order valence-electron chi connectivity index (χ1n) is 7.94. The van der Waals surface area contributed by atoms with E-state index in [1.807, 2.05) is 6.07 Å². The van der Waals surface area contributed by atoms with Crippen LogP contribution in [-0.2, 0) is 6.18 Å². The predicted octanol–water partition coefficient (Wildman–Crippen LogP) is 6.84. The summed E-state index contributed by atoms with van der Waals surface area (Å²) in [5.74, 6) is 0.263. The molecule has 1 N–H and O–H groups in total. The van der Waals surface area contributed by atoms with Crippen molar-refractivity contribution in [2.75, 3.05) is 5.32 Å². The first kappa shape index (κ1) is 16.8. The van der Waals surface area contributed by atoms with Crippen LogP contribution < -0.4 is 5.32 Å². The van der Waals surface area contributed by atoms with E-state index in [0.29, 0.717) is 21.3 Å². The van der Waals surface area contributed by atoms with Crippen LogP contribution in [0.1, 0.15) is 35.1 Å². The van der Waals surface area contributed by atoms with Gasteiger partial charge >= 0.3 is 6.18 Å². The van der Waals surface area contributed by atoms with Gasteiger partial charge in [-0.05, 0) is 41.7 Å². The average Bonchev–Trinajstić information content (AvgIpc) is 3.06. The minimum atomic E-state index is -4.36. The highest BCUT2D eigenvalue weighted by atomic mass is 35.5. The Balaban J connectivity index is 1.80. The van der Waals surface area contributed by atoms with Crippen LogP contribution in [0.2, 0.25) is 10.0 Å². The predicted molar refractivity (Wildman–Crippen MR) is 94.3 cm³/mol. The maximum Gasteiger partial charge on any atom is 0.416 e. The van der Waals surface area contributed by atoms with Gasteiger partial charge in [0.25, 0.3) is 0 Å². The van der Waals surface area contributed by atoms with Gasteiger partial charge in [-0.2, -0.15) is 13.2 Å². The largest absolute Gasteiger partial charge is 0.416 e. The van der Waals surface area contributed by atoms with Crippen molar-refractivity contribution in [1.82, 2.24) is 0 Å². The highest BCUT2D eigenvalue weighted by molar-refractivity contribution is 6.43. The number of hydrogen-bond donors (Lipinski definition) is 1. The Morgan fingerprint density at radius 1 is 1.08 bits per heavy atom. The van der Waals surface area contributed by atoms with Gasteiger partial charge in [0.05, 0.1) is 27.3 Å². The van der Waals surface area contributed by atoms with Gasteiger partial charge in [0.15, 0.2) is 0 Å². The molecule has 3 atom stereocenters. The molecule has 25 heavy (non-hydrogen) atoms. The molecule has 1 aliphatic carbocycles. The van der Waals surface area contributed by atoms with Crippen molar-refractivity contribution < 1.29 is 13.2 Å². The molecule has 1 nitrogen and oxygen atoms in total. The molecular weight excluding hydrogens is 370 g/mol. The van der Waals surface area contributed by atoms with E-state index in [0.717, 1.165) is 18.1 Å². The number of anilines is 1. The zero-order valence-corrected chi connectivity index (χ0v) is 14.5. The van der Waals surface area contributed by atoms with Crippen molar-refractivity contribution >= 4 is 28.9 Å². The van der Waals surface area contributed by atoms with Gasteiger partial charge in [0.2, 0.25) is 0 Å². The molecule has 0 saturated heterocycles. The quantitative estimate of drug-likeness (QED) is 0.531. The Bertz CT molecular complexity index is 860. The van der Waals surface area contributed by atoms with Crippen molar-refractivity contribution in [2.45, 2.75) is 24.6 Å². The van der Waals surface area contributed by atoms with Crippen molar-refractivity contribution in [2.24, 2.45) is 5.92 Å².